The molecule has 0 spiro atoms. The number of rotatable bonds is 4. The lowest BCUT2D eigenvalue weighted by Gasteiger charge is -2.43. The van der Waals surface area contributed by atoms with Crippen LogP contribution in [0.4, 0.5) is 10.1 Å². The molecule has 0 radical (unpaired) electrons. The zero-order chi connectivity index (χ0) is 17.8. The molecule has 0 atom stereocenters. The number of benzene rings is 1. The summed E-state index contributed by atoms with van der Waals surface area (Å²) in [6, 6.07) is 7.27. The number of anilines is 1. The molecule has 1 aromatic rings. The number of piperidine rings is 1. The van der Waals surface area contributed by atoms with Gasteiger partial charge in [-0.15, -0.1) is 0 Å². The summed E-state index contributed by atoms with van der Waals surface area (Å²) < 4.78 is 13.2. The minimum atomic E-state index is -0.259. The van der Waals surface area contributed by atoms with Crippen LogP contribution in [0.5, 0.6) is 0 Å². The third-order valence-corrected chi connectivity index (χ3v) is 6.22. The van der Waals surface area contributed by atoms with Crippen LogP contribution in [0, 0.1) is 11.7 Å². The van der Waals surface area contributed by atoms with Crippen molar-refractivity contribution in [3.05, 3.63) is 30.1 Å². The van der Waals surface area contributed by atoms with Crippen LogP contribution in [0.1, 0.15) is 58.8 Å². The van der Waals surface area contributed by atoms with Crippen LogP contribution in [0.25, 0.3) is 0 Å². The molecule has 2 aliphatic rings. The molecule has 2 fully saturated rings. The number of hydrogen-bond donors (Lipinski definition) is 0. The number of carbonyl (C=O) groups excluding carboxylic acids is 1. The third kappa shape index (κ3) is 4.41. The molecule has 3 nitrogen and oxygen atoms in total. The largest absolute Gasteiger partial charge is 0.310 e. The summed E-state index contributed by atoms with van der Waals surface area (Å²) in [4.78, 5) is 16.7. The van der Waals surface area contributed by atoms with E-state index in [4.69, 9.17) is 0 Å². The van der Waals surface area contributed by atoms with Crippen LogP contribution in [0.3, 0.4) is 0 Å². The second-order valence-corrected chi connectivity index (χ2v) is 7.72. The molecular weight excluding hydrogens is 315 g/mol. The van der Waals surface area contributed by atoms with Crippen molar-refractivity contribution in [1.82, 2.24) is 4.90 Å². The number of amides is 1. The third-order valence-electron chi connectivity index (χ3n) is 6.22. The molecule has 1 saturated heterocycles. The summed E-state index contributed by atoms with van der Waals surface area (Å²) in [5.74, 6) is 0.721. The molecular formula is C21H31FN2O. The maximum Gasteiger partial charge on any atom is 0.224 e. The van der Waals surface area contributed by atoms with E-state index in [1.807, 2.05) is 4.90 Å². The predicted molar refractivity (Wildman–Crippen MR) is 100 cm³/mol. The number of halogens is 1. The number of likely N-dealkylation sites (tertiary alicyclic amines) is 1. The summed E-state index contributed by atoms with van der Waals surface area (Å²) >= 11 is 0. The fraction of sp³-hybridized carbons (Fsp3) is 0.667. The van der Waals surface area contributed by atoms with E-state index in [1.54, 1.807) is 19.1 Å². The monoisotopic (exact) mass is 346 g/mol. The minimum absolute atomic E-state index is 0.0495. The zero-order valence-corrected chi connectivity index (χ0v) is 15.6. The van der Waals surface area contributed by atoms with Gasteiger partial charge in [0.05, 0.1) is 0 Å². The quantitative estimate of drug-likeness (QED) is 0.795. The highest BCUT2D eigenvalue weighted by Gasteiger charge is 2.31. The normalized spacial score (nSPS) is 25.7. The highest BCUT2D eigenvalue weighted by atomic mass is 19.1. The van der Waals surface area contributed by atoms with Gasteiger partial charge in [-0.25, -0.2) is 4.39 Å². The van der Waals surface area contributed by atoms with Gasteiger partial charge in [0, 0.05) is 37.8 Å². The number of carbonyl (C=O) groups is 1. The van der Waals surface area contributed by atoms with Crippen LogP contribution in [0.15, 0.2) is 24.3 Å². The van der Waals surface area contributed by atoms with E-state index < -0.39 is 0 Å². The van der Waals surface area contributed by atoms with E-state index in [2.05, 4.69) is 11.8 Å². The van der Waals surface area contributed by atoms with E-state index in [1.165, 1.54) is 44.2 Å². The summed E-state index contributed by atoms with van der Waals surface area (Å²) in [6.45, 7) is 6.05. The lowest BCUT2D eigenvalue weighted by molar-refractivity contribution is -0.117. The molecule has 0 bridgehead atoms. The van der Waals surface area contributed by atoms with E-state index in [-0.39, 0.29) is 17.8 Å². The molecule has 0 N–H and O–H groups in total. The van der Waals surface area contributed by atoms with Gasteiger partial charge in [-0.1, -0.05) is 13.3 Å². The standard InChI is InChI=1S/C21H31FN2O/c1-3-17-4-8-19(9-5-17)23-14-12-21(13-15-23)24(16(2)25)20-10-6-18(22)7-11-20/h6-7,10-11,17,19,21H,3-5,8-9,12-15H2,1-2H3. The molecule has 1 saturated carbocycles. The SMILES string of the molecule is CCC1CCC(N2CCC(N(C(C)=O)c3ccc(F)cc3)CC2)CC1. The Hall–Kier alpha value is -1.42. The Morgan fingerprint density at radius 3 is 2.20 bits per heavy atom. The smallest absolute Gasteiger partial charge is 0.224 e. The molecule has 1 amide bonds. The van der Waals surface area contributed by atoms with Crippen LogP contribution in [-0.2, 0) is 4.79 Å². The van der Waals surface area contributed by atoms with E-state index in [0.717, 1.165) is 43.6 Å². The molecule has 0 aromatic heterocycles. The van der Waals surface area contributed by atoms with Crippen LogP contribution in [0.2, 0.25) is 0 Å². The van der Waals surface area contributed by atoms with E-state index >= 15 is 0 Å². The maximum absolute atomic E-state index is 13.2. The van der Waals surface area contributed by atoms with Crippen molar-refractivity contribution in [2.24, 2.45) is 5.92 Å². The lowest BCUT2D eigenvalue weighted by Crippen LogP contribution is -2.50. The van der Waals surface area contributed by atoms with Gasteiger partial charge in [0.25, 0.3) is 0 Å². The van der Waals surface area contributed by atoms with Gasteiger partial charge >= 0.3 is 0 Å². The van der Waals surface area contributed by atoms with Crippen molar-refractivity contribution in [1.29, 1.82) is 0 Å². The Labute approximate surface area is 151 Å². The fourth-order valence-corrected chi connectivity index (χ4v) is 4.68. The average molecular weight is 346 g/mol. The van der Waals surface area contributed by atoms with Crippen LogP contribution < -0.4 is 4.90 Å². The Morgan fingerprint density at radius 1 is 1.08 bits per heavy atom. The van der Waals surface area contributed by atoms with Crippen molar-refractivity contribution in [2.45, 2.75) is 70.9 Å². The summed E-state index contributed by atoms with van der Waals surface area (Å²) in [7, 11) is 0. The number of nitrogens with zero attached hydrogens (tertiary/aromatic N) is 2. The second kappa shape index (κ2) is 8.31. The van der Waals surface area contributed by atoms with Crippen molar-refractivity contribution in [3.8, 4) is 0 Å². The molecule has 25 heavy (non-hydrogen) atoms. The highest BCUT2D eigenvalue weighted by molar-refractivity contribution is 5.92. The van der Waals surface area contributed by atoms with Gasteiger partial charge in [0.1, 0.15) is 5.82 Å². The first kappa shape index (κ1) is 18.4. The molecule has 1 aromatic carbocycles. The molecule has 138 valence electrons. The molecule has 0 unspecified atom stereocenters. The Balaban J connectivity index is 1.58. The van der Waals surface area contributed by atoms with Crippen LogP contribution in [-0.4, -0.2) is 36.0 Å². The van der Waals surface area contributed by atoms with Gasteiger partial charge < -0.3 is 9.80 Å². The van der Waals surface area contributed by atoms with Crippen molar-refractivity contribution in [3.63, 3.8) is 0 Å². The van der Waals surface area contributed by atoms with Crippen LogP contribution >= 0.6 is 0 Å². The number of hydrogen-bond acceptors (Lipinski definition) is 2. The molecule has 1 heterocycles. The molecule has 3 rings (SSSR count). The average Bonchev–Trinajstić information content (AvgIpc) is 2.64. The molecule has 4 heteroatoms. The van der Waals surface area contributed by atoms with E-state index in [0.29, 0.717) is 0 Å². The fourth-order valence-electron chi connectivity index (χ4n) is 4.68. The van der Waals surface area contributed by atoms with Gasteiger partial charge in [0.15, 0.2) is 0 Å². The summed E-state index contributed by atoms with van der Waals surface area (Å²) in [5, 5.41) is 0. The Morgan fingerprint density at radius 2 is 1.68 bits per heavy atom. The van der Waals surface area contributed by atoms with Gasteiger partial charge in [-0.3, -0.25) is 4.79 Å². The first-order valence-corrected chi connectivity index (χ1v) is 9.88. The molecule has 1 aliphatic heterocycles. The predicted octanol–water partition coefficient (Wildman–Crippen LogP) is 4.61. The maximum atomic E-state index is 13.2. The van der Waals surface area contributed by atoms with E-state index in [9.17, 15) is 9.18 Å². The second-order valence-electron chi connectivity index (χ2n) is 7.72. The minimum Gasteiger partial charge on any atom is -0.310 e. The first-order valence-electron chi connectivity index (χ1n) is 9.88. The topological polar surface area (TPSA) is 23.6 Å². The molecule has 1 aliphatic carbocycles. The van der Waals surface area contributed by atoms with Gasteiger partial charge in [-0.2, -0.15) is 0 Å². The summed E-state index contributed by atoms with van der Waals surface area (Å²) in [6.07, 6.45) is 8.73. The zero-order valence-electron chi connectivity index (χ0n) is 15.6. The van der Waals surface area contributed by atoms with Gasteiger partial charge in [-0.05, 0) is 68.7 Å². The Bertz CT molecular complexity index is 558. The highest BCUT2D eigenvalue weighted by Crippen LogP contribution is 2.32. The Kier molecular flexibility index (Phi) is 6.10. The first-order chi connectivity index (χ1) is 12.1. The van der Waals surface area contributed by atoms with Crippen molar-refractivity contribution in [2.75, 3.05) is 18.0 Å². The summed E-state index contributed by atoms with van der Waals surface area (Å²) in [5.41, 5.74) is 0.816. The lowest BCUT2D eigenvalue weighted by atomic mass is 9.83. The van der Waals surface area contributed by atoms with Crippen molar-refractivity contribution >= 4 is 11.6 Å². The van der Waals surface area contributed by atoms with Crippen molar-refractivity contribution < 1.29 is 9.18 Å². The van der Waals surface area contributed by atoms with Gasteiger partial charge in [0.2, 0.25) is 5.91 Å².